The zero-order valence-corrected chi connectivity index (χ0v) is 13.5. The monoisotopic (exact) mass is 302 g/mol. The standard InChI is InChI=1S/C15H24Cl2N2/c1-4-11(3)10-19(5-2)15(9-18)13-8-12(16)6-7-14(13)17/h6-8,11,15H,4-5,9-10,18H2,1-3H3. The van der Waals surface area contributed by atoms with Gasteiger partial charge < -0.3 is 5.73 Å². The Morgan fingerprint density at radius 2 is 1.95 bits per heavy atom. The Labute approximate surface area is 126 Å². The van der Waals surface area contributed by atoms with Crippen LogP contribution in [0.2, 0.25) is 10.0 Å². The van der Waals surface area contributed by atoms with Crippen LogP contribution in [-0.4, -0.2) is 24.5 Å². The molecule has 0 fully saturated rings. The van der Waals surface area contributed by atoms with Gasteiger partial charge in [0.1, 0.15) is 0 Å². The number of benzene rings is 1. The maximum Gasteiger partial charge on any atom is 0.0485 e. The lowest BCUT2D eigenvalue weighted by atomic mass is 10.0. The molecule has 0 bridgehead atoms. The minimum absolute atomic E-state index is 0.130. The van der Waals surface area contributed by atoms with E-state index < -0.39 is 0 Å². The molecule has 0 heterocycles. The summed E-state index contributed by atoms with van der Waals surface area (Å²) in [7, 11) is 0. The van der Waals surface area contributed by atoms with Crippen molar-refractivity contribution in [3.63, 3.8) is 0 Å². The molecular formula is C15H24Cl2N2. The average molecular weight is 303 g/mol. The van der Waals surface area contributed by atoms with Gasteiger partial charge >= 0.3 is 0 Å². The molecule has 0 spiro atoms. The lowest BCUT2D eigenvalue weighted by Crippen LogP contribution is -2.36. The maximum absolute atomic E-state index is 6.30. The van der Waals surface area contributed by atoms with Crippen LogP contribution < -0.4 is 5.73 Å². The van der Waals surface area contributed by atoms with Crippen LogP contribution in [0.25, 0.3) is 0 Å². The zero-order chi connectivity index (χ0) is 14.4. The molecule has 4 heteroatoms. The fourth-order valence-electron chi connectivity index (χ4n) is 2.25. The van der Waals surface area contributed by atoms with Gasteiger partial charge in [-0.15, -0.1) is 0 Å². The molecular weight excluding hydrogens is 279 g/mol. The molecule has 0 radical (unpaired) electrons. The van der Waals surface area contributed by atoms with Crippen LogP contribution in [-0.2, 0) is 0 Å². The molecule has 0 aliphatic rings. The lowest BCUT2D eigenvalue weighted by Gasteiger charge is -2.32. The van der Waals surface area contributed by atoms with E-state index in [0.29, 0.717) is 17.5 Å². The van der Waals surface area contributed by atoms with Gasteiger partial charge in [-0.05, 0) is 36.2 Å². The first kappa shape index (κ1) is 16.8. The van der Waals surface area contributed by atoms with Crippen molar-refractivity contribution in [1.29, 1.82) is 0 Å². The van der Waals surface area contributed by atoms with Crippen molar-refractivity contribution in [2.45, 2.75) is 33.2 Å². The third-order valence-corrected chi connectivity index (χ3v) is 4.21. The van der Waals surface area contributed by atoms with E-state index >= 15 is 0 Å². The summed E-state index contributed by atoms with van der Waals surface area (Å²) < 4.78 is 0. The summed E-state index contributed by atoms with van der Waals surface area (Å²) in [5.41, 5.74) is 7.00. The summed E-state index contributed by atoms with van der Waals surface area (Å²) in [4.78, 5) is 2.38. The van der Waals surface area contributed by atoms with E-state index in [0.717, 1.165) is 30.1 Å². The summed E-state index contributed by atoms with van der Waals surface area (Å²) in [5.74, 6) is 0.645. The highest BCUT2D eigenvalue weighted by atomic mass is 35.5. The minimum Gasteiger partial charge on any atom is -0.329 e. The molecule has 2 nitrogen and oxygen atoms in total. The summed E-state index contributed by atoms with van der Waals surface area (Å²) in [6.07, 6.45) is 1.16. The van der Waals surface area contributed by atoms with Gasteiger partial charge in [0.2, 0.25) is 0 Å². The molecule has 1 aromatic rings. The Morgan fingerprint density at radius 3 is 2.47 bits per heavy atom. The van der Waals surface area contributed by atoms with Crippen molar-refractivity contribution in [2.24, 2.45) is 11.7 Å². The van der Waals surface area contributed by atoms with Crippen molar-refractivity contribution in [3.05, 3.63) is 33.8 Å². The van der Waals surface area contributed by atoms with Crippen LogP contribution in [0.3, 0.4) is 0 Å². The van der Waals surface area contributed by atoms with Crippen molar-refractivity contribution in [2.75, 3.05) is 19.6 Å². The number of likely N-dealkylation sites (N-methyl/N-ethyl adjacent to an activating group) is 1. The Hall–Kier alpha value is -0.280. The summed E-state index contributed by atoms with van der Waals surface area (Å²) in [5, 5.41) is 1.44. The number of rotatable bonds is 7. The first-order chi connectivity index (χ1) is 9.03. The second-order valence-electron chi connectivity index (χ2n) is 5.02. The van der Waals surface area contributed by atoms with Gasteiger partial charge in [0.15, 0.2) is 0 Å². The second kappa shape index (κ2) is 8.11. The molecule has 1 aromatic carbocycles. The van der Waals surface area contributed by atoms with Crippen molar-refractivity contribution >= 4 is 23.2 Å². The highest BCUT2D eigenvalue weighted by Crippen LogP contribution is 2.30. The molecule has 0 aromatic heterocycles. The van der Waals surface area contributed by atoms with Gasteiger partial charge in [-0.2, -0.15) is 0 Å². The van der Waals surface area contributed by atoms with Gasteiger partial charge in [0, 0.05) is 29.2 Å². The highest BCUT2D eigenvalue weighted by Gasteiger charge is 2.21. The Balaban J connectivity index is 2.99. The summed E-state index contributed by atoms with van der Waals surface area (Å²) in [6.45, 7) is 9.15. The third kappa shape index (κ3) is 4.64. The molecule has 2 atom stereocenters. The lowest BCUT2D eigenvalue weighted by molar-refractivity contribution is 0.182. The van der Waals surface area contributed by atoms with Crippen molar-refractivity contribution in [3.8, 4) is 0 Å². The van der Waals surface area contributed by atoms with Crippen LogP contribution in [0.5, 0.6) is 0 Å². The van der Waals surface area contributed by atoms with Gasteiger partial charge in [-0.1, -0.05) is 50.4 Å². The van der Waals surface area contributed by atoms with Crippen LogP contribution in [0.1, 0.15) is 38.8 Å². The van der Waals surface area contributed by atoms with Gasteiger partial charge in [-0.25, -0.2) is 0 Å². The van der Waals surface area contributed by atoms with Crippen LogP contribution in [0.15, 0.2) is 18.2 Å². The highest BCUT2D eigenvalue weighted by molar-refractivity contribution is 6.33. The number of nitrogens with two attached hydrogens (primary N) is 1. The van der Waals surface area contributed by atoms with Crippen LogP contribution in [0, 0.1) is 5.92 Å². The van der Waals surface area contributed by atoms with Crippen LogP contribution in [0.4, 0.5) is 0 Å². The van der Waals surface area contributed by atoms with Gasteiger partial charge in [0.05, 0.1) is 0 Å². The number of halogens is 2. The van der Waals surface area contributed by atoms with E-state index in [-0.39, 0.29) is 6.04 Å². The second-order valence-corrected chi connectivity index (χ2v) is 5.86. The molecule has 2 unspecified atom stereocenters. The Morgan fingerprint density at radius 1 is 1.26 bits per heavy atom. The van der Waals surface area contributed by atoms with Gasteiger partial charge in [0.25, 0.3) is 0 Å². The fourth-order valence-corrected chi connectivity index (χ4v) is 2.67. The Bertz CT molecular complexity index is 396. The van der Waals surface area contributed by atoms with E-state index in [1.54, 1.807) is 0 Å². The number of hydrogen-bond acceptors (Lipinski definition) is 2. The molecule has 0 aliphatic heterocycles. The fraction of sp³-hybridized carbons (Fsp3) is 0.600. The predicted octanol–water partition coefficient (Wildman–Crippen LogP) is 4.36. The average Bonchev–Trinajstić information content (AvgIpc) is 2.41. The maximum atomic E-state index is 6.30. The molecule has 0 saturated heterocycles. The summed E-state index contributed by atoms with van der Waals surface area (Å²) >= 11 is 12.4. The number of nitrogens with zero attached hydrogens (tertiary/aromatic N) is 1. The molecule has 0 aliphatic carbocycles. The van der Waals surface area contributed by atoms with E-state index in [2.05, 4.69) is 25.7 Å². The normalized spacial score (nSPS) is 14.7. The largest absolute Gasteiger partial charge is 0.329 e. The topological polar surface area (TPSA) is 29.3 Å². The smallest absolute Gasteiger partial charge is 0.0485 e. The molecule has 1 rings (SSSR count). The van der Waals surface area contributed by atoms with Crippen molar-refractivity contribution < 1.29 is 0 Å². The van der Waals surface area contributed by atoms with Gasteiger partial charge in [-0.3, -0.25) is 4.90 Å². The van der Waals surface area contributed by atoms with E-state index in [1.807, 2.05) is 18.2 Å². The van der Waals surface area contributed by atoms with E-state index in [1.165, 1.54) is 0 Å². The minimum atomic E-state index is 0.130. The molecule has 0 amide bonds. The predicted molar refractivity (Wildman–Crippen MR) is 85.0 cm³/mol. The first-order valence-corrected chi connectivity index (χ1v) is 7.68. The number of hydrogen-bond donors (Lipinski definition) is 1. The molecule has 108 valence electrons. The summed E-state index contributed by atoms with van der Waals surface area (Å²) in [6, 6.07) is 5.72. The van der Waals surface area contributed by atoms with Crippen LogP contribution >= 0.6 is 23.2 Å². The molecule has 19 heavy (non-hydrogen) atoms. The first-order valence-electron chi connectivity index (χ1n) is 6.92. The molecule has 0 saturated carbocycles. The van der Waals surface area contributed by atoms with Crippen molar-refractivity contribution in [1.82, 2.24) is 4.90 Å². The zero-order valence-electron chi connectivity index (χ0n) is 12.0. The van der Waals surface area contributed by atoms with E-state index in [4.69, 9.17) is 28.9 Å². The van der Waals surface area contributed by atoms with E-state index in [9.17, 15) is 0 Å². The SMILES string of the molecule is CCC(C)CN(CC)C(CN)c1cc(Cl)ccc1Cl. The quantitative estimate of drug-likeness (QED) is 0.811. The Kier molecular flexibility index (Phi) is 7.16. The third-order valence-electron chi connectivity index (χ3n) is 3.63. The molecule has 2 N–H and O–H groups in total.